The quantitative estimate of drug-likeness (QED) is 0.659. The number of thiocarbonyl (C=S) groups is 1. The number of fused-ring (bicyclic) bond motifs is 1. The van der Waals surface area contributed by atoms with Crippen LogP contribution in [-0.2, 0) is 0 Å². The summed E-state index contributed by atoms with van der Waals surface area (Å²) in [5.74, 6) is 1.14. The lowest BCUT2D eigenvalue weighted by Gasteiger charge is -2.15. The van der Waals surface area contributed by atoms with Crippen molar-refractivity contribution < 1.29 is 0 Å². The molecule has 0 amide bonds. The summed E-state index contributed by atoms with van der Waals surface area (Å²) in [6.45, 7) is 2.05. The maximum atomic E-state index is 6.04. The maximum Gasteiger partial charge on any atom is 0.175 e. The average Bonchev–Trinajstić information content (AvgIpc) is 3.20. The summed E-state index contributed by atoms with van der Waals surface area (Å²) >= 11 is 19.2. The molecule has 0 spiro atoms. The van der Waals surface area contributed by atoms with Crippen LogP contribution in [0.4, 0.5) is 11.4 Å². The lowest BCUT2D eigenvalue weighted by Crippen LogP contribution is -2.22. The first-order valence-corrected chi connectivity index (χ1v) is 10.3. The summed E-state index contributed by atoms with van der Waals surface area (Å²) in [5, 5.41) is 9.00. The SMILES string of the molecule is S=C(Nc1cccc(C2CN3CCSC3=N2)c1)Nc1ccc(Cl)c(Cl)c1. The van der Waals surface area contributed by atoms with Crippen LogP contribution >= 0.6 is 47.2 Å². The Labute approximate surface area is 172 Å². The number of rotatable bonds is 3. The summed E-state index contributed by atoms with van der Waals surface area (Å²) in [4.78, 5) is 7.18. The Morgan fingerprint density at radius 3 is 2.69 bits per heavy atom. The Bertz CT molecular complexity index is 887. The van der Waals surface area contributed by atoms with E-state index in [4.69, 9.17) is 40.4 Å². The van der Waals surface area contributed by atoms with Crippen LogP contribution in [0.5, 0.6) is 0 Å². The number of halogens is 2. The van der Waals surface area contributed by atoms with Crippen molar-refractivity contribution in [2.24, 2.45) is 4.99 Å². The summed E-state index contributed by atoms with van der Waals surface area (Å²) in [6.07, 6.45) is 0. The van der Waals surface area contributed by atoms with Gasteiger partial charge in [-0.05, 0) is 48.1 Å². The third kappa shape index (κ3) is 3.93. The number of thioether (sulfide) groups is 1. The second-order valence-electron chi connectivity index (χ2n) is 6.06. The molecule has 1 unspecified atom stereocenters. The number of hydrogen-bond acceptors (Lipinski definition) is 4. The van der Waals surface area contributed by atoms with Gasteiger partial charge in [-0.25, -0.2) is 0 Å². The van der Waals surface area contributed by atoms with Crippen LogP contribution in [0.1, 0.15) is 11.6 Å². The fraction of sp³-hybridized carbons (Fsp3) is 0.222. The first-order chi connectivity index (χ1) is 12.6. The molecule has 26 heavy (non-hydrogen) atoms. The van der Waals surface area contributed by atoms with E-state index < -0.39 is 0 Å². The maximum absolute atomic E-state index is 6.04. The Morgan fingerprint density at radius 1 is 1.12 bits per heavy atom. The molecule has 1 atom stereocenters. The molecule has 4 rings (SSSR count). The Hall–Kier alpha value is -1.47. The topological polar surface area (TPSA) is 39.7 Å². The van der Waals surface area contributed by atoms with Crippen LogP contribution < -0.4 is 10.6 Å². The van der Waals surface area contributed by atoms with Crippen LogP contribution in [-0.4, -0.2) is 34.0 Å². The molecular weight excluding hydrogens is 407 g/mol. The molecule has 1 fully saturated rings. The molecule has 2 aromatic carbocycles. The molecule has 0 saturated carbocycles. The molecule has 2 aliphatic rings. The molecule has 0 radical (unpaired) electrons. The Morgan fingerprint density at radius 2 is 1.92 bits per heavy atom. The van der Waals surface area contributed by atoms with Crippen LogP contribution in [0.15, 0.2) is 47.5 Å². The van der Waals surface area contributed by atoms with Crippen molar-refractivity contribution in [2.75, 3.05) is 29.5 Å². The average molecular weight is 423 g/mol. The van der Waals surface area contributed by atoms with E-state index in [1.165, 1.54) is 10.7 Å². The van der Waals surface area contributed by atoms with E-state index in [1.54, 1.807) is 12.1 Å². The first kappa shape index (κ1) is 17.9. The molecule has 0 aliphatic carbocycles. The second-order valence-corrected chi connectivity index (χ2v) is 8.34. The molecule has 0 aromatic heterocycles. The van der Waals surface area contributed by atoms with Crippen molar-refractivity contribution >= 4 is 68.8 Å². The van der Waals surface area contributed by atoms with Gasteiger partial charge in [0.2, 0.25) is 0 Å². The van der Waals surface area contributed by atoms with Gasteiger partial charge in [-0.15, -0.1) is 0 Å². The molecule has 0 bridgehead atoms. The smallest absolute Gasteiger partial charge is 0.175 e. The molecule has 2 aromatic rings. The molecule has 2 heterocycles. The number of benzene rings is 2. The van der Waals surface area contributed by atoms with E-state index in [9.17, 15) is 0 Å². The van der Waals surface area contributed by atoms with Crippen LogP contribution in [0, 0.1) is 0 Å². The minimum Gasteiger partial charge on any atom is -0.348 e. The molecular formula is C18H16Cl2N4S2. The van der Waals surface area contributed by atoms with E-state index in [1.807, 2.05) is 30.0 Å². The van der Waals surface area contributed by atoms with Gasteiger partial charge in [0.05, 0.1) is 16.1 Å². The summed E-state index contributed by atoms with van der Waals surface area (Å²) in [7, 11) is 0. The van der Waals surface area contributed by atoms with Gasteiger partial charge in [-0.2, -0.15) is 0 Å². The van der Waals surface area contributed by atoms with Gasteiger partial charge in [0.25, 0.3) is 0 Å². The predicted octanol–water partition coefficient (Wildman–Crippen LogP) is 5.26. The summed E-state index contributed by atoms with van der Waals surface area (Å²) in [6, 6.07) is 13.7. The van der Waals surface area contributed by atoms with Crippen LogP contribution in [0.25, 0.3) is 0 Å². The second kappa shape index (κ2) is 7.64. The molecule has 8 heteroatoms. The number of hydrogen-bond donors (Lipinski definition) is 2. The zero-order chi connectivity index (χ0) is 18.1. The van der Waals surface area contributed by atoms with E-state index in [2.05, 4.69) is 27.7 Å². The number of nitrogens with zero attached hydrogens (tertiary/aromatic N) is 2. The Balaban J connectivity index is 1.43. The molecule has 2 aliphatic heterocycles. The molecule has 1 saturated heterocycles. The highest BCUT2D eigenvalue weighted by atomic mass is 35.5. The standard InChI is InChI=1S/C18H16Cl2N4S2/c19-14-5-4-13(9-15(14)20)22-17(25)21-12-3-1-2-11(8-12)16-10-24-6-7-26-18(24)23-16/h1-5,8-9,16H,6-7,10H2,(H2,21,22,25). The number of amidine groups is 1. The van der Waals surface area contributed by atoms with Crippen molar-refractivity contribution in [1.82, 2.24) is 4.90 Å². The minimum absolute atomic E-state index is 0.191. The summed E-state index contributed by atoms with van der Waals surface area (Å²) < 4.78 is 0. The highest BCUT2D eigenvalue weighted by Crippen LogP contribution is 2.33. The van der Waals surface area contributed by atoms with E-state index in [-0.39, 0.29) is 6.04 Å². The van der Waals surface area contributed by atoms with Crippen LogP contribution in [0.3, 0.4) is 0 Å². The van der Waals surface area contributed by atoms with Gasteiger partial charge in [0.1, 0.15) is 0 Å². The van der Waals surface area contributed by atoms with Crippen molar-refractivity contribution in [2.45, 2.75) is 6.04 Å². The third-order valence-corrected chi connectivity index (χ3v) is 6.18. The van der Waals surface area contributed by atoms with Gasteiger partial charge in [0, 0.05) is 30.2 Å². The molecule has 134 valence electrons. The van der Waals surface area contributed by atoms with E-state index in [0.29, 0.717) is 15.2 Å². The fourth-order valence-corrected chi connectivity index (χ4v) is 4.55. The lowest BCUT2D eigenvalue weighted by atomic mass is 10.1. The van der Waals surface area contributed by atoms with Gasteiger partial charge >= 0.3 is 0 Å². The molecule has 4 nitrogen and oxygen atoms in total. The first-order valence-electron chi connectivity index (χ1n) is 8.17. The Kier molecular flexibility index (Phi) is 5.27. The zero-order valence-electron chi connectivity index (χ0n) is 13.7. The van der Waals surface area contributed by atoms with Gasteiger partial charge in [-0.3, -0.25) is 4.99 Å². The predicted molar refractivity (Wildman–Crippen MR) is 117 cm³/mol. The van der Waals surface area contributed by atoms with Gasteiger partial charge in [0.15, 0.2) is 10.3 Å². The van der Waals surface area contributed by atoms with Crippen molar-refractivity contribution in [1.29, 1.82) is 0 Å². The zero-order valence-corrected chi connectivity index (χ0v) is 16.9. The van der Waals surface area contributed by atoms with E-state index >= 15 is 0 Å². The van der Waals surface area contributed by atoms with Crippen LogP contribution in [0.2, 0.25) is 10.0 Å². The normalized spacial score (nSPS) is 18.5. The number of nitrogens with one attached hydrogen (secondary N) is 2. The summed E-state index contributed by atoms with van der Waals surface area (Å²) in [5.41, 5.74) is 2.91. The highest BCUT2D eigenvalue weighted by Gasteiger charge is 2.30. The highest BCUT2D eigenvalue weighted by molar-refractivity contribution is 8.14. The minimum atomic E-state index is 0.191. The van der Waals surface area contributed by atoms with Gasteiger partial charge < -0.3 is 15.5 Å². The monoisotopic (exact) mass is 422 g/mol. The number of anilines is 2. The fourth-order valence-electron chi connectivity index (χ4n) is 2.98. The van der Waals surface area contributed by atoms with E-state index in [0.717, 1.165) is 30.2 Å². The third-order valence-electron chi connectivity index (χ3n) is 4.23. The van der Waals surface area contributed by atoms with Gasteiger partial charge in [-0.1, -0.05) is 47.1 Å². The lowest BCUT2D eigenvalue weighted by molar-refractivity contribution is 0.464. The van der Waals surface area contributed by atoms with Crippen molar-refractivity contribution in [3.8, 4) is 0 Å². The number of aliphatic imine (C=N–C) groups is 1. The molecule has 2 N–H and O–H groups in total. The van der Waals surface area contributed by atoms with Crippen molar-refractivity contribution in [3.05, 3.63) is 58.1 Å². The largest absolute Gasteiger partial charge is 0.348 e. The van der Waals surface area contributed by atoms with Crippen molar-refractivity contribution in [3.63, 3.8) is 0 Å².